The predicted octanol–water partition coefficient (Wildman–Crippen LogP) is 1.56. The van der Waals surface area contributed by atoms with Crippen molar-refractivity contribution in [1.82, 2.24) is 4.90 Å². The summed E-state index contributed by atoms with van der Waals surface area (Å²) < 4.78 is 5.43. The van der Waals surface area contributed by atoms with Crippen molar-refractivity contribution in [2.75, 3.05) is 19.7 Å². The van der Waals surface area contributed by atoms with Gasteiger partial charge in [-0.05, 0) is 59.5 Å². The lowest BCUT2D eigenvalue weighted by Crippen LogP contribution is -2.40. The second-order valence-electron chi connectivity index (χ2n) is 5.66. The van der Waals surface area contributed by atoms with Crippen LogP contribution in [-0.2, 0) is 9.53 Å². The smallest absolute Gasteiger partial charge is 0.323 e. The van der Waals surface area contributed by atoms with Gasteiger partial charge in [0, 0.05) is 6.61 Å². The summed E-state index contributed by atoms with van der Waals surface area (Å²) in [5.41, 5.74) is -0.406. The van der Waals surface area contributed by atoms with Gasteiger partial charge in [-0.2, -0.15) is 0 Å². The summed E-state index contributed by atoms with van der Waals surface area (Å²) >= 11 is 0. The van der Waals surface area contributed by atoms with E-state index in [1.807, 2.05) is 20.8 Å². The number of carbonyl (C=O) groups is 1. The van der Waals surface area contributed by atoms with Gasteiger partial charge in [0.05, 0.1) is 0 Å². The Morgan fingerprint density at radius 3 is 2.71 bits per heavy atom. The fourth-order valence-electron chi connectivity index (χ4n) is 2.16. The highest BCUT2D eigenvalue weighted by Gasteiger charge is 2.33. The first kappa shape index (κ1) is 14.5. The highest BCUT2D eigenvalue weighted by atomic mass is 16.6. The van der Waals surface area contributed by atoms with E-state index in [2.05, 4.69) is 4.90 Å². The van der Waals surface area contributed by atoms with Crippen molar-refractivity contribution in [1.29, 1.82) is 0 Å². The number of hydrogen-bond donors (Lipinski definition) is 1. The zero-order chi connectivity index (χ0) is 12.9. The van der Waals surface area contributed by atoms with Gasteiger partial charge in [-0.15, -0.1) is 0 Å². The van der Waals surface area contributed by atoms with Crippen LogP contribution in [-0.4, -0.2) is 47.3 Å². The molecule has 100 valence electrons. The van der Waals surface area contributed by atoms with Crippen molar-refractivity contribution in [2.45, 2.75) is 58.1 Å². The van der Waals surface area contributed by atoms with Gasteiger partial charge in [-0.1, -0.05) is 0 Å². The Morgan fingerprint density at radius 2 is 2.12 bits per heavy atom. The second-order valence-corrected chi connectivity index (χ2v) is 5.66. The molecule has 1 rings (SSSR count). The van der Waals surface area contributed by atoms with Gasteiger partial charge in [0.25, 0.3) is 0 Å². The average molecular weight is 243 g/mol. The highest BCUT2D eigenvalue weighted by molar-refractivity contribution is 5.76. The molecule has 1 heterocycles. The van der Waals surface area contributed by atoms with Gasteiger partial charge in [0.1, 0.15) is 11.6 Å². The van der Waals surface area contributed by atoms with E-state index in [1.54, 1.807) is 0 Å². The Hall–Kier alpha value is -0.610. The van der Waals surface area contributed by atoms with Crippen LogP contribution < -0.4 is 0 Å². The standard InChI is InChI=1S/C13H25NO3/c1-13(2,3)17-12(16)11-7-6-9-14(11)8-4-5-10-15/h11,15H,4-10H2,1-3H3/t11-/m1/s1. The number of unbranched alkanes of at least 4 members (excludes halogenated alkanes) is 1. The Bertz CT molecular complexity index is 248. The summed E-state index contributed by atoms with van der Waals surface area (Å²) in [4.78, 5) is 14.2. The highest BCUT2D eigenvalue weighted by Crippen LogP contribution is 2.21. The van der Waals surface area contributed by atoms with Gasteiger partial charge in [-0.25, -0.2) is 0 Å². The molecule has 1 saturated heterocycles. The number of aliphatic hydroxyl groups is 1. The predicted molar refractivity (Wildman–Crippen MR) is 66.8 cm³/mol. The van der Waals surface area contributed by atoms with E-state index in [1.165, 1.54) is 0 Å². The fraction of sp³-hybridized carbons (Fsp3) is 0.923. The molecule has 0 unspecified atom stereocenters. The minimum Gasteiger partial charge on any atom is -0.459 e. The molecule has 1 atom stereocenters. The molecule has 0 aromatic rings. The maximum Gasteiger partial charge on any atom is 0.323 e. The average Bonchev–Trinajstić information content (AvgIpc) is 2.64. The van der Waals surface area contributed by atoms with Crippen LogP contribution >= 0.6 is 0 Å². The Kier molecular flexibility index (Phi) is 5.40. The molecule has 17 heavy (non-hydrogen) atoms. The molecule has 4 nitrogen and oxygen atoms in total. The number of rotatable bonds is 5. The van der Waals surface area contributed by atoms with Crippen LogP contribution in [0.4, 0.5) is 0 Å². The zero-order valence-corrected chi connectivity index (χ0v) is 11.2. The van der Waals surface area contributed by atoms with E-state index in [9.17, 15) is 4.79 Å². The lowest BCUT2D eigenvalue weighted by atomic mass is 10.1. The van der Waals surface area contributed by atoms with E-state index in [-0.39, 0.29) is 18.6 Å². The van der Waals surface area contributed by atoms with Crippen LogP contribution in [0.2, 0.25) is 0 Å². The van der Waals surface area contributed by atoms with Crippen LogP contribution in [0.3, 0.4) is 0 Å². The lowest BCUT2D eigenvalue weighted by molar-refractivity contribution is -0.160. The molecule has 0 aliphatic carbocycles. The second kappa shape index (κ2) is 6.36. The molecule has 1 fully saturated rings. The lowest BCUT2D eigenvalue weighted by Gasteiger charge is -2.27. The van der Waals surface area contributed by atoms with E-state index in [0.717, 1.165) is 38.8 Å². The molecule has 0 spiro atoms. The first-order valence-corrected chi connectivity index (χ1v) is 6.52. The molecule has 1 aliphatic rings. The number of hydrogen-bond acceptors (Lipinski definition) is 4. The number of aliphatic hydroxyl groups excluding tert-OH is 1. The normalized spacial score (nSPS) is 21.8. The topological polar surface area (TPSA) is 49.8 Å². The first-order chi connectivity index (χ1) is 7.94. The van der Waals surface area contributed by atoms with Gasteiger partial charge < -0.3 is 9.84 Å². The summed E-state index contributed by atoms with van der Waals surface area (Å²) in [5.74, 6) is -0.0981. The minimum absolute atomic E-state index is 0.0760. The van der Waals surface area contributed by atoms with Crippen LogP contribution in [0, 0.1) is 0 Å². The molecule has 0 bridgehead atoms. The van der Waals surface area contributed by atoms with Crippen molar-refractivity contribution in [3.8, 4) is 0 Å². The van der Waals surface area contributed by atoms with Crippen molar-refractivity contribution in [2.24, 2.45) is 0 Å². The van der Waals surface area contributed by atoms with E-state index in [4.69, 9.17) is 9.84 Å². The van der Waals surface area contributed by atoms with Crippen LogP contribution in [0.25, 0.3) is 0 Å². The molecule has 0 aromatic heterocycles. The third kappa shape index (κ3) is 5.04. The van der Waals surface area contributed by atoms with Gasteiger partial charge in [0.2, 0.25) is 0 Å². The molecule has 1 N–H and O–H groups in total. The first-order valence-electron chi connectivity index (χ1n) is 6.52. The number of carbonyl (C=O) groups excluding carboxylic acids is 1. The summed E-state index contributed by atoms with van der Waals surface area (Å²) in [6, 6.07) is -0.0760. The van der Waals surface area contributed by atoms with Crippen molar-refractivity contribution < 1.29 is 14.6 Å². The summed E-state index contributed by atoms with van der Waals surface area (Å²) in [7, 11) is 0. The molecular formula is C13H25NO3. The van der Waals surface area contributed by atoms with Gasteiger partial charge in [-0.3, -0.25) is 9.69 Å². The van der Waals surface area contributed by atoms with Crippen molar-refractivity contribution in [3.05, 3.63) is 0 Å². The minimum atomic E-state index is -0.406. The van der Waals surface area contributed by atoms with Crippen LogP contribution in [0.5, 0.6) is 0 Å². The molecule has 0 amide bonds. The van der Waals surface area contributed by atoms with E-state index >= 15 is 0 Å². The zero-order valence-electron chi connectivity index (χ0n) is 11.2. The number of ether oxygens (including phenoxy) is 1. The van der Waals surface area contributed by atoms with Crippen LogP contribution in [0.1, 0.15) is 46.5 Å². The molecule has 0 saturated carbocycles. The SMILES string of the molecule is CC(C)(C)OC(=O)[C@H]1CCCN1CCCCO. The molecule has 1 aliphatic heterocycles. The number of nitrogens with zero attached hydrogens (tertiary/aromatic N) is 1. The van der Waals surface area contributed by atoms with Crippen molar-refractivity contribution >= 4 is 5.97 Å². The Balaban J connectivity index is 2.42. The molecule has 4 heteroatoms. The number of likely N-dealkylation sites (tertiary alicyclic amines) is 1. The van der Waals surface area contributed by atoms with Crippen LogP contribution in [0.15, 0.2) is 0 Å². The maximum absolute atomic E-state index is 12.0. The monoisotopic (exact) mass is 243 g/mol. The van der Waals surface area contributed by atoms with Gasteiger partial charge >= 0.3 is 5.97 Å². The molecular weight excluding hydrogens is 218 g/mol. The largest absolute Gasteiger partial charge is 0.459 e. The fourth-order valence-corrected chi connectivity index (χ4v) is 2.16. The quantitative estimate of drug-likeness (QED) is 0.588. The number of esters is 1. The van der Waals surface area contributed by atoms with Crippen molar-refractivity contribution in [3.63, 3.8) is 0 Å². The maximum atomic E-state index is 12.0. The van der Waals surface area contributed by atoms with E-state index in [0.29, 0.717) is 0 Å². The summed E-state index contributed by atoms with van der Waals surface area (Å²) in [6.45, 7) is 7.77. The Morgan fingerprint density at radius 1 is 1.41 bits per heavy atom. The Labute approximate surface area is 104 Å². The third-order valence-corrected chi connectivity index (χ3v) is 2.90. The van der Waals surface area contributed by atoms with Gasteiger partial charge in [0.15, 0.2) is 0 Å². The third-order valence-electron chi connectivity index (χ3n) is 2.90. The molecule has 0 aromatic carbocycles. The van der Waals surface area contributed by atoms with E-state index < -0.39 is 5.60 Å². The summed E-state index contributed by atoms with van der Waals surface area (Å²) in [6.07, 6.45) is 3.70. The summed E-state index contributed by atoms with van der Waals surface area (Å²) in [5, 5.41) is 8.76. The molecule has 0 radical (unpaired) electrons.